The Labute approximate surface area is 98.4 Å². The molecule has 0 aromatic heterocycles. The number of carbonyl (C=O) groups excluding carboxylic acids is 1. The molecule has 2 unspecified atom stereocenters. The van der Waals surface area contributed by atoms with E-state index in [9.17, 15) is 4.79 Å². The second-order valence-corrected chi connectivity index (χ2v) is 5.66. The predicted molar refractivity (Wildman–Crippen MR) is 65.1 cm³/mol. The van der Waals surface area contributed by atoms with Crippen molar-refractivity contribution in [3.63, 3.8) is 0 Å². The summed E-state index contributed by atoms with van der Waals surface area (Å²) >= 11 is 0. The molecule has 0 aliphatic heterocycles. The summed E-state index contributed by atoms with van der Waals surface area (Å²) in [7, 11) is 0. The van der Waals surface area contributed by atoms with Crippen LogP contribution in [0.1, 0.15) is 39.0 Å². The minimum absolute atomic E-state index is 0.167. The average molecular weight is 224 g/mol. The van der Waals surface area contributed by atoms with Crippen molar-refractivity contribution in [3.05, 3.63) is 0 Å². The number of hydrogen-bond acceptors (Lipinski definition) is 2. The van der Waals surface area contributed by atoms with Crippen LogP contribution in [-0.4, -0.2) is 25.5 Å². The summed E-state index contributed by atoms with van der Waals surface area (Å²) < 4.78 is 0. The van der Waals surface area contributed by atoms with Gasteiger partial charge in [0.25, 0.3) is 0 Å². The van der Waals surface area contributed by atoms with Gasteiger partial charge in [0.2, 0.25) is 5.91 Å². The number of rotatable bonds is 6. The van der Waals surface area contributed by atoms with Crippen LogP contribution in [0.15, 0.2) is 0 Å². The van der Waals surface area contributed by atoms with Crippen LogP contribution in [0, 0.1) is 17.8 Å². The van der Waals surface area contributed by atoms with Crippen molar-refractivity contribution in [3.8, 4) is 0 Å². The maximum absolute atomic E-state index is 11.5. The van der Waals surface area contributed by atoms with E-state index in [4.69, 9.17) is 0 Å². The fraction of sp³-hybridized carbons (Fsp3) is 0.923. The summed E-state index contributed by atoms with van der Waals surface area (Å²) in [6, 6.07) is 0. The molecule has 0 heterocycles. The van der Waals surface area contributed by atoms with Gasteiger partial charge in [-0.2, -0.15) is 0 Å². The van der Waals surface area contributed by atoms with E-state index in [1.165, 1.54) is 32.1 Å². The minimum atomic E-state index is 0.167. The molecule has 0 aromatic rings. The number of hydrogen-bond donors (Lipinski definition) is 2. The zero-order chi connectivity index (χ0) is 11.4. The Balaban J connectivity index is 1.49. The fourth-order valence-corrected chi connectivity index (χ4v) is 2.54. The van der Waals surface area contributed by atoms with E-state index in [1.54, 1.807) is 0 Å². The summed E-state index contributed by atoms with van der Waals surface area (Å²) in [5.41, 5.74) is 0. The van der Waals surface area contributed by atoms with Crippen molar-refractivity contribution in [1.82, 2.24) is 10.6 Å². The van der Waals surface area contributed by atoms with E-state index < -0.39 is 0 Å². The van der Waals surface area contributed by atoms with Gasteiger partial charge in [-0.3, -0.25) is 4.79 Å². The van der Waals surface area contributed by atoms with Gasteiger partial charge in [0, 0.05) is 6.54 Å². The molecule has 2 rings (SSSR count). The third-order valence-corrected chi connectivity index (χ3v) is 3.81. The molecule has 2 saturated carbocycles. The molecule has 3 heteroatoms. The summed E-state index contributed by atoms with van der Waals surface area (Å²) in [5.74, 6) is 2.60. The van der Waals surface area contributed by atoms with Gasteiger partial charge in [-0.05, 0) is 50.0 Å². The van der Waals surface area contributed by atoms with Crippen LogP contribution in [0.5, 0.6) is 0 Å². The Morgan fingerprint density at radius 2 is 1.88 bits per heavy atom. The van der Waals surface area contributed by atoms with Crippen LogP contribution >= 0.6 is 0 Å². The molecule has 2 fully saturated rings. The normalized spacial score (nSPS) is 29.3. The molecule has 0 bridgehead atoms. The van der Waals surface area contributed by atoms with Crippen molar-refractivity contribution in [2.24, 2.45) is 17.8 Å². The van der Waals surface area contributed by atoms with Crippen LogP contribution in [0.3, 0.4) is 0 Å². The fourth-order valence-electron chi connectivity index (χ4n) is 2.54. The monoisotopic (exact) mass is 224 g/mol. The topological polar surface area (TPSA) is 41.1 Å². The van der Waals surface area contributed by atoms with E-state index in [0.29, 0.717) is 6.54 Å². The van der Waals surface area contributed by atoms with Crippen LogP contribution in [0.4, 0.5) is 0 Å². The first kappa shape index (κ1) is 11.9. The van der Waals surface area contributed by atoms with Gasteiger partial charge in [-0.1, -0.05) is 13.3 Å². The Morgan fingerprint density at radius 1 is 1.12 bits per heavy atom. The Bertz CT molecular complexity index is 238. The number of carbonyl (C=O) groups is 1. The lowest BCUT2D eigenvalue weighted by Crippen LogP contribution is -2.36. The molecule has 0 aromatic carbocycles. The molecule has 2 N–H and O–H groups in total. The lowest BCUT2D eigenvalue weighted by atomic mass is 10.1. The van der Waals surface area contributed by atoms with Gasteiger partial charge < -0.3 is 10.6 Å². The predicted octanol–water partition coefficient (Wildman–Crippen LogP) is 1.54. The lowest BCUT2D eigenvalue weighted by molar-refractivity contribution is -0.120. The molecule has 0 spiro atoms. The molecular formula is C13H24N2O. The van der Waals surface area contributed by atoms with Gasteiger partial charge in [0.15, 0.2) is 0 Å². The third kappa shape index (κ3) is 4.12. The maximum Gasteiger partial charge on any atom is 0.233 e. The van der Waals surface area contributed by atoms with Gasteiger partial charge in [-0.25, -0.2) is 0 Å². The zero-order valence-electron chi connectivity index (χ0n) is 10.3. The SMILES string of the molecule is CC1CCC(CNC(=O)CNCC2CC2)C1. The molecule has 0 radical (unpaired) electrons. The highest BCUT2D eigenvalue weighted by Crippen LogP contribution is 2.29. The first-order chi connectivity index (χ1) is 7.74. The zero-order valence-corrected chi connectivity index (χ0v) is 10.3. The molecule has 2 atom stereocenters. The molecule has 2 aliphatic rings. The highest BCUT2D eigenvalue weighted by atomic mass is 16.1. The van der Waals surface area contributed by atoms with Crippen molar-refractivity contribution in [1.29, 1.82) is 0 Å². The lowest BCUT2D eigenvalue weighted by Gasteiger charge is -2.11. The number of amides is 1. The number of nitrogens with one attached hydrogen (secondary N) is 2. The van der Waals surface area contributed by atoms with Gasteiger partial charge in [-0.15, -0.1) is 0 Å². The second-order valence-electron chi connectivity index (χ2n) is 5.66. The summed E-state index contributed by atoms with van der Waals surface area (Å²) in [6.45, 7) is 4.71. The van der Waals surface area contributed by atoms with E-state index in [2.05, 4.69) is 17.6 Å². The van der Waals surface area contributed by atoms with Crippen LogP contribution in [0.2, 0.25) is 0 Å². The van der Waals surface area contributed by atoms with E-state index in [1.807, 2.05) is 0 Å². The summed E-state index contributed by atoms with van der Waals surface area (Å²) in [6.07, 6.45) is 6.59. The molecule has 92 valence electrons. The molecule has 2 aliphatic carbocycles. The molecular weight excluding hydrogens is 200 g/mol. The molecule has 1 amide bonds. The standard InChI is InChI=1S/C13H24N2O/c1-10-2-3-12(6-10)8-15-13(16)9-14-7-11-4-5-11/h10-12,14H,2-9H2,1H3,(H,15,16). The van der Waals surface area contributed by atoms with Gasteiger partial charge in [0.1, 0.15) is 0 Å². The quantitative estimate of drug-likeness (QED) is 0.718. The molecule has 16 heavy (non-hydrogen) atoms. The summed E-state index contributed by atoms with van der Waals surface area (Å²) in [5, 5.41) is 6.26. The van der Waals surface area contributed by atoms with Crippen LogP contribution in [-0.2, 0) is 4.79 Å². The van der Waals surface area contributed by atoms with Crippen molar-refractivity contribution in [2.75, 3.05) is 19.6 Å². The van der Waals surface area contributed by atoms with Crippen LogP contribution < -0.4 is 10.6 Å². The highest BCUT2D eigenvalue weighted by Gasteiger charge is 2.22. The van der Waals surface area contributed by atoms with E-state index in [0.717, 1.165) is 30.8 Å². The maximum atomic E-state index is 11.5. The van der Waals surface area contributed by atoms with E-state index >= 15 is 0 Å². The largest absolute Gasteiger partial charge is 0.355 e. The minimum Gasteiger partial charge on any atom is -0.355 e. The summed E-state index contributed by atoms with van der Waals surface area (Å²) in [4.78, 5) is 11.5. The Kier molecular flexibility index (Phi) is 4.22. The highest BCUT2D eigenvalue weighted by molar-refractivity contribution is 5.77. The van der Waals surface area contributed by atoms with Gasteiger partial charge in [0.05, 0.1) is 6.54 Å². The average Bonchev–Trinajstić information content (AvgIpc) is 2.98. The first-order valence-corrected chi connectivity index (χ1v) is 6.71. The second kappa shape index (κ2) is 5.67. The van der Waals surface area contributed by atoms with Gasteiger partial charge >= 0.3 is 0 Å². The molecule has 0 saturated heterocycles. The van der Waals surface area contributed by atoms with Crippen molar-refractivity contribution >= 4 is 5.91 Å². The van der Waals surface area contributed by atoms with Crippen LogP contribution in [0.25, 0.3) is 0 Å². The van der Waals surface area contributed by atoms with Crippen molar-refractivity contribution < 1.29 is 4.79 Å². The first-order valence-electron chi connectivity index (χ1n) is 6.71. The smallest absolute Gasteiger partial charge is 0.233 e. The Hall–Kier alpha value is -0.570. The molecule has 3 nitrogen and oxygen atoms in total. The van der Waals surface area contributed by atoms with E-state index in [-0.39, 0.29) is 5.91 Å². The van der Waals surface area contributed by atoms with Crippen molar-refractivity contribution in [2.45, 2.75) is 39.0 Å². The Morgan fingerprint density at radius 3 is 2.50 bits per heavy atom. The third-order valence-electron chi connectivity index (χ3n) is 3.81.